The summed E-state index contributed by atoms with van der Waals surface area (Å²) < 4.78 is 0. The van der Waals surface area contributed by atoms with E-state index >= 15 is 0 Å². The van der Waals surface area contributed by atoms with Gasteiger partial charge in [0.2, 0.25) is 0 Å². The summed E-state index contributed by atoms with van der Waals surface area (Å²) in [7, 11) is 3.50. The van der Waals surface area contributed by atoms with E-state index in [1.165, 1.54) is 11.3 Å². The van der Waals surface area contributed by atoms with E-state index in [0.717, 1.165) is 47.9 Å². The molecule has 4 rings (SSSR count). The van der Waals surface area contributed by atoms with Crippen LogP contribution >= 0.6 is 11.3 Å². The minimum atomic E-state index is -0.00528. The van der Waals surface area contributed by atoms with E-state index in [0.29, 0.717) is 11.6 Å². The molecule has 0 saturated carbocycles. The summed E-state index contributed by atoms with van der Waals surface area (Å²) in [5, 5.41) is 0. The van der Waals surface area contributed by atoms with Crippen molar-refractivity contribution in [1.29, 1.82) is 0 Å². The predicted molar refractivity (Wildman–Crippen MR) is 104 cm³/mol. The number of benzene rings is 1. The zero-order chi connectivity index (χ0) is 18.3. The Balaban J connectivity index is 1.51. The molecule has 2 saturated heterocycles. The van der Waals surface area contributed by atoms with Crippen LogP contribution in [0.5, 0.6) is 0 Å². The van der Waals surface area contributed by atoms with Crippen molar-refractivity contribution < 1.29 is 9.59 Å². The summed E-state index contributed by atoms with van der Waals surface area (Å²) in [6, 6.07) is 11.9. The van der Waals surface area contributed by atoms with Gasteiger partial charge in [-0.2, -0.15) is 0 Å². The fraction of sp³-hybridized carbons (Fsp3) is 0.400. The van der Waals surface area contributed by atoms with Crippen molar-refractivity contribution in [2.75, 3.05) is 40.3 Å². The van der Waals surface area contributed by atoms with E-state index in [1.54, 1.807) is 19.0 Å². The van der Waals surface area contributed by atoms with Gasteiger partial charge in [0, 0.05) is 56.8 Å². The summed E-state index contributed by atoms with van der Waals surface area (Å²) in [5.41, 5.74) is 1.71. The fourth-order valence-electron chi connectivity index (χ4n) is 3.75. The summed E-state index contributed by atoms with van der Waals surface area (Å²) in [6.45, 7) is 3.95. The molecule has 136 valence electrons. The molecule has 26 heavy (non-hydrogen) atoms. The van der Waals surface area contributed by atoms with Gasteiger partial charge in [-0.15, -0.1) is 11.3 Å². The van der Waals surface area contributed by atoms with Crippen molar-refractivity contribution in [3.05, 3.63) is 46.8 Å². The average molecular weight is 369 g/mol. The SMILES string of the molecule is CN(C)C(=O)c1ccc(-c2ccc(C(=O)N3CCN4CC[C@@H]3C4)s2)cc1. The van der Waals surface area contributed by atoms with Crippen LogP contribution in [0.2, 0.25) is 0 Å². The number of thiophene rings is 1. The van der Waals surface area contributed by atoms with Crippen molar-refractivity contribution in [1.82, 2.24) is 14.7 Å². The van der Waals surface area contributed by atoms with E-state index in [4.69, 9.17) is 0 Å². The Labute approximate surface area is 157 Å². The number of nitrogens with zero attached hydrogens (tertiary/aromatic N) is 3. The number of carbonyl (C=O) groups is 2. The molecule has 2 aromatic rings. The van der Waals surface area contributed by atoms with Crippen LogP contribution in [-0.4, -0.2) is 72.8 Å². The van der Waals surface area contributed by atoms with Crippen molar-refractivity contribution in [3.63, 3.8) is 0 Å². The first-order valence-corrected chi connectivity index (χ1v) is 9.80. The zero-order valence-corrected chi connectivity index (χ0v) is 16.0. The zero-order valence-electron chi connectivity index (χ0n) is 15.1. The highest BCUT2D eigenvalue weighted by Gasteiger charge is 2.35. The lowest BCUT2D eigenvalue weighted by Crippen LogP contribution is -2.49. The first-order valence-electron chi connectivity index (χ1n) is 8.98. The van der Waals surface area contributed by atoms with Gasteiger partial charge in [0.05, 0.1) is 4.88 Å². The highest BCUT2D eigenvalue weighted by Crippen LogP contribution is 2.31. The second-order valence-corrected chi connectivity index (χ2v) is 8.27. The van der Waals surface area contributed by atoms with Crippen molar-refractivity contribution in [2.45, 2.75) is 12.5 Å². The molecular weight excluding hydrogens is 346 g/mol. The highest BCUT2D eigenvalue weighted by atomic mass is 32.1. The third-order valence-corrected chi connectivity index (χ3v) is 6.37. The number of hydrogen-bond acceptors (Lipinski definition) is 4. The standard InChI is InChI=1S/C20H23N3O2S/c1-21(2)19(24)15-5-3-14(4-6-15)17-7-8-18(26-17)20(25)23-12-11-22-10-9-16(23)13-22/h3-8,16H,9-13H2,1-2H3/t16-/m1/s1. The maximum atomic E-state index is 12.9. The van der Waals surface area contributed by atoms with Gasteiger partial charge in [-0.25, -0.2) is 0 Å². The number of rotatable bonds is 3. The molecule has 3 heterocycles. The van der Waals surface area contributed by atoms with Crippen molar-refractivity contribution >= 4 is 23.2 Å². The molecule has 1 aromatic heterocycles. The van der Waals surface area contributed by atoms with Crippen LogP contribution in [0.25, 0.3) is 10.4 Å². The molecule has 0 radical (unpaired) electrons. The molecule has 0 N–H and O–H groups in total. The van der Waals surface area contributed by atoms with E-state index in [9.17, 15) is 9.59 Å². The Hall–Kier alpha value is -2.18. The molecule has 5 nitrogen and oxygen atoms in total. The van der Waals surface area contributed by atoms with E-state index in [-0.39, 0.29) is 11.8 Å². The van der Waals surface area contributed by atoms with Gasteiger partial charge < -0.3 is 9.80 Å². The molecule has 1 unspecified atom stereocenters. The molecule has 2 amide bonds. The molecule has 6 heteroatoms. The van der Waals surface area contributed by atoms with Gasteiger partial charge in [-0.05, 0) is 36.2 Å². The third kappa shape index (κ3) is 3.15. The summed E-state index contributed by atoms with van der Waals surface area (Å²) in [5.74, 6) is 0.154. The minimum Gasteiger partial charge on any atom is -0.345 e. The van der Waals surface area contributed by atoms with E-state index < -0.39 is 0 Å². The number of hydrogen-bond donors (Lipinski definition) is 0. The van der Waals surface area contributed by atoms with Crippen LogP contribution in [0.3, 0.4) is 0 Å². The summed E-state index contributed by atoms with van der Waals surface area (Å²) in [6.07, 6.45) is 1.09. The molecule has 0 aliphatic carbocycles. The van der Waals surface area contributed by atoms with Gasteiger partial charge in [0.15, 0.2) is 0 Å². The number of fused-ring (bicyclic) bond motifs is 2. The minimum absolute atomic E-state index is 0.00528. The number of carbonyl (C=O) groups excluding carboxylic acids is 2. The number of amides is 2. The molecule has 2 fully saturated rings. The second-order valence-electron chi connectivity index (χ2n) is 7.18. The topological polar surface area (TPSA) is 43.9 Å². The van der Waals surface area contributed by atoms with E-state index in [2.05, 4.69) is 9.80 Å². The van der Waals surface area contributed by atoms with Crippen LogP contribution in [0.4, 0.5) is 0 Å². The van der Waals surface area contributed by atoms with Crippen LogP contribution in [-0.2, 0) is 0 Å². The van der Waals surface area contributed by atoms with Crippen LogP contribution in [0.15, 0.2) is 36.4 Å². The first kappa shape index (κ1) is 17.2. The Morgan fingerprint density at radius 2 is 1.81 bits per heavy atom. The monoisotopic (exact) mass is 369 g/mol. The molecular formula is C20H23N3O2S. The molecule has 2 aliphatic rings. The molecule has 2 aliphatic heterocycles. The van der Waals surface area contributed by atoms with Gasteiger partial charge in [0.25, 0.3) is 11.8 Å². The lowest BCUT2D eigenvalue weighted by molar-refractivity contribution is 0.0614. The average Bonchev–Trinajstić information content (AvgIpc) is 3.28. The third-order valence-electron chi connectivity index (χ3n) is 5.25. The Bertz CT molecular complexity index is 828. The first-order chi connectivity index (χ1) is 12.5. The largest absolute Gasteiger partial charge is 0.345 e. The Morgan fingerprint density at radius 1 is 1.04 bits per heavy atom. The van der Waals surface area contributed by atoms with Crippen LogP contribution < -0.4 is 0 Å². The maximum Gasteiger partial charge on any atom is 0.264 e. The lowest BCUT2D eigenvalue weighted by atomic mass is 10.1. The predicted octanol–water partition coefficient (Wildman–Crippen LogP) is 2.65. The van der Waals surface area contributed by atoms with Crippen LogP contribution in [0.1, 0.15) is 26.5 Å². The van der Waals surface area contributed by atoms with Gasteiger partial charge >= 0.3 is 0 Å². The number of piperazine rings is 1. The quantitative estimate of drug-likeness (QED) is 0.835. The second kappa shape index (κ2) is 6.85. The summed E-state index contributed by atoms with van der Waals surface area (Å²) >= 11 is 1.53. The normalized spacial score (nSPS) is 21.7. The Kier molecular flexibility index (Phi) is 4.54. The van der Waals surface area contributed by atoms with E-state index in [1.807, 2.05) is 36.4 Å². The molecule has 2 atom stereocenters. The molecule has 2 bridgehead atoms. The molecule has 1 aromatic carbocycles. The maximum absolute atomic E-state index is 12.9. The Morgan fingerprint density at radius 3 is 2.54 bits per heavy atom. The lowest BCUT2D eigenvalue weighted by Gasteiger charge is -2.34. The van der Waals surface area contributed by atoms with Crippen LogP contribution in [0, 0.1) is 0 Å². The van der Waals surface area contributed by atoms with Gasteiger partial charge in [-0.1, -0.05) is 12.1 Å². The van der Waals surface area contributed by atoms with Crippen molar-refractivity contribution in [3.8, 4) is 10.4 Å². The van der Waals surface area contributed by atoms with Gasteiger partial charge in [-0.3, -0.25) is 14.5 Å². The highest BCUT2D eigenvalue weighted by molar-refractivity contribution is 7.17. The summed E-state index contributed by atoms with van der Waals surface area (Å²) in [4.78, 5) is 32.8. The van der Waals surface area contributed by atoms with Gasteiger partial charge in [0.1, 0.15) is 0 Å². The fourth-order valence-corrected chi connectivity index (χ4v) is 4.72. The smallest absolute Gasteiger partial charge is 0.264 e. The van der Waals surface area contributed by atoms with Crippen molar-refractivity contribution in [2.24, 2.45) is 0 Å². The molecule has 0 spiro atoms.